The van der Waals surface area contributed by atoms with Crippen molar-refractivity contribution in [1.82, 2.24) is 34.3 Å². The van der Waals surface area contributed by atoms with Gasteiger partial charge in [-0.15, -0.1) is 0 Å². The summed E-state index contributed by atoms with van der Waals surface area (Å²) >= 11 is 0. The minimum atomic E-state index is -0.673. The molecule has 1 aliphatic carbocycles. The van der Waals surface area contributed by atoms with E-state index in [0.717, 1.165) is 127 Å². The van der Waals surface area contributed by atoms with Crippen LogP contribution < -0.4 is 4.90 Å². The molecule has 2 aromatic rings. The van der Waals surface area contributed by atoms with Crippen LogP contribution in [0.2, 0.25) is 0 Å². The molecule has 2 aromatic carbocycles. The first-order chi connectivity index (χ1) is 45.3. The topological polar surface area (TPSA) is 158 Å². The molecule has 0 aromatic heterocycles. The summed E-state index contributed by atoms with van der Waals surface area (Å²) in [5, 5.41) is 8.91. The lowest BCUT2D eigenvalue weighted by molar-refractivity contribution is -0.145. The Morgan fingerprint density at radius 3 is 1.35 bits per heavy atom. The van der Waals surface area contributed by atoms with Crippen LogP contribution in [0.15, 0.2) is 48.5 Å². The highest BCUT2D eigenvalue weighted by atomic mass is 16.5. The molecule has 7 aliphatic heterocycles. The van der Waals surface area contributed by atoms with Crippen LogP contribution >= 0.6 is 0 Å². The van der Waals surface area contributed by atoms with E-state index in [1.54, 1.807) is 38.8 Å². The number of Topliss-reactive ketones (excluding diaryl/α,β-unsaturated/α-hetero) is 3. The predicted octanol–water partition coefficient (Wildman–Crippen LogP) is 13.0. The van der Waals surface area contributed by atoms with Crippen LogP contribution in [0.25, 0.3) is 0 Å². The van der Waals surface area contributed by atoms with Gasteiger partial charge in [0.25, 0.3) is 0 Å². The third-order valence-electron chi connectivity index (χ3n) is 21.8. The zero-order chi connectivity index (χ0) is 71.6. The van der Waals surface area contributed by atoms with Gasteiger partial charge in [-0.1, -0.05) is 77.1 Å². The fourth-order valence-corrected chi connectivity index (χ4v) is 15.6. The number of anilines is 1. The van der Waals surface area contributed by atoms with Crippen molar-refractivity contribution in [2.24, 2.45) is 40.9 Å². The third kappa shape index (κ3) is 27.9. The number of carboxylic acid groups (broad SMARTS) is 1. The smallest absolute Gasteiger partial charge is 0.329 e. The van der Waals surface area contributed by atoms with E-state index < -0.39 is 5.97 Å². The molecule has 546 valence electrons. The van der Waals surface area contributed by atoms with Gasteiger partial charge >= 0.3 is 11.9 Å². The Morgan fingerprint density at radius 2 is 0.958 bits per heavy atom. The number of hydrogen-bond acceptors (Lipinski definition) is 14. The van der Waals surface area contributed by atoms with E-state index in [0.29, 0.717) is 72.7 Å². The molecule has 1 N–H and O–H groups in total. The number of carbonyl (C=O) groups is 6. The monoisotopic (exact) mass is 1340 g/mol. The summed E-state index contributed by atoms with van der Waals surface area (Å²) < 4.78 is 5.16. The molecule has 1 unspecified atom stereocenters. The number of fused-ring (bicyclic) bond motifs is 2. The lowest BCUT2D eigenvalue weighted by atomic mass is 9.76. The van der Waals surface area contributed by atoms with Gasteiger partial charge in [0.2, 0.25) is 5.91 Å². The molecule has 16 heteroatoms. The standard InChI is InChI=1S/C16H23N.C14H19NO2.C11H21NO.C10H20N2O.2C10H19NO.C9H17NO2/c1-13(2)17-9-7-16(8-10-17)11-14-5-3-4-6-15(14)12-16;1-4-17-14(16)13-9-11-7-5-6-8-12(11)15(13)10(2)3;1-9(2)11-4-6-12(7-5-11)8-10(3)13;1-9(2)12-6-4-11(5-7-12)8-10(3)13;1-8(2)11-6-4-10(5-7-11)9(3)12;1-8(2)10-4-6-11(7-5-10)9(3)12;1-6(2)10-5-7(3)4-8(10)9(11)12/h3-6,13H,7-12H2,1-2H3;5-8,10,13H,4,9H2,1-3H3;9,11H,4-8H2,1-3H3;9H,4-8H2,1-3H3;2*8,10H,4-7H2,1-3H3;6-8H,4-5H2,1-3H3,(H,11,12)/t;;;;;;7-,8+/m......1/s1. The molecule has 10 rings (SSSR count). The normalized spacial score (nSPS) is 22.2. The second kappa shape index (κ2) is 41.9. The Labute approximate surface area is 584 Å². The van der Waals surface area contributed by atoms with Crippen LogP contribution in [0.4, 0.5) is 5.69 Å². The van der Waals surface area contributed by atoms with E-state index in [4.69, 9.17) is 9.84 Å². The molecule has 1 amide bonds. The van der Waals surface area contributed by atoms with Crippen molar-refractivity contribution in [2.75, 3.05) is 110 Å². The van der Waals surface area contributed by atoms with Crippen molar-refractivity contribution in [1.29, 1.82) is 0 Å². The van der Waals surface area contributed by atoms with Crippen LogP contribution in [-0.2, 0) is 52.8 Å². The Kier molecular flexibility index (Phi) is 36.6. The molecule has 3 atom stereocenters. The maximum Gasteiger partial charge on any atom is 0.329 e. The number of piperazine rings is 1. The van der Waals surface area contributed by atoms with E-state index in [1.165, 1.54) is 75.7 Å². The Balaban J connectivity index is 0.000000240. The summed E-state index contributed by atoms with van der Waals surface area (Å²) in [6.45, 7) is 57.5. The SMILES string of the molecule is CC(=O)C1CCN(C(C)C)CC1.CC(=O)CN1CCC(C(C)C)CC1.CC(=O)CN1CCN(C(C)C)CC1.CC(=O)N1CCC(C(C)C)CC1.CC(C)N1CCC2(CC1)Cc1ccccc1C2.CC(C)N1C[C@H](C)C[C@H]1C(=O)O.CCOC(=O)C1Cc2ccccc2N1C(C)C. The summed E-state index contributed by atoms with van der Waals surface area (Å²) in [5.41, 5.74) is 6.24. The van der Waals surface area contributed by atoms with Gasteiger partial charge in [-0.3, -0.25) is 43.6 Å². The molecule has 6 fully saturated rings. The summed E-state index contributed by atoms with van der Waals surface area (Å²) in [6, 6.07) is 19.5. The van der Waals surface area contributed by atoms with E-state index in [1.807, 2.05) is 37.8 Å². The van der Waals surface area contributed by atoms with Gasteiger partial charge < -0.3 is 29.4 Å². The first-order valence-electron chi connectivity index (χ1n) is 37.8. The number of amides is 1. The summed E-state index contributed by atoms with van der Waals surface area (Å²) in [5.74, 6) is 4.55. The minimum Gasteiger partial charge on any atom is -0.480 e. The lowest BCUT2D eigenvalue weighted by Gasteiger charge is -2.41. The summed E-state index contributed by atoms with van der Waals surface area (Å²) in [7, 11) is 0. The molecule has 0 radical (unpaired) electrons. The van der Waals surface area contributed by atoms with E-state index in [2.05, 4.69) is 161 Å². The van der Waals surface area contributed by atoms with Gasteiger partial charge in [0, 0.05) is 101 Å². The van der Waals surface area contributed by atoms with E-state index in [-0.39, 0.29) is 29.7 Å². The zero-order valence-electron chi connectivity index (χ0n) is 64.3. The van der Waals surface area contributed by atoms with E-state index >= 15 is 0 Å². The van der Waals surface area contributed by atoms with Crippen molar-refractivity contribution >= 4 is 40.9 Å². The Bertz CT molecular complexity index is 2510. The molecular formula is C80H138N8O8. The first-order valence-corrected chi connectivity index (χ1v) is 37.8. The second-order valence-electron chi connectivity index (χ2n) is 31.6. The number of piperidine rings is 4. The molecule has 0 saturated carbocycles. The number of nitrogens with zero attached hydrogens (tertiary/aromatic N) is 8. The summed E-state index contributed by atoms with van der Waals surface area (Å²) in [4.78, 5) is 84.8. The number of ether oxygens (including phenoxy) is 1. The lowest BCUT2D eigenvalue weighted by Crippen LogP contribution is -2.49. The quantitative estimate of drug-likeness (QED) is 0.168. The second-order valence-corrected chi connectivity index (χ2v) is 31.6. The van der Waals surface area contributed by atoms with Crippen molar-refractivity contribution in [3.63, 3.8) is 0 Å². The van der Waals surface area contributed by atoms with Crippen LogP contribution in [0, 0.1) is 40.9 Å². The van der Waals surface area contributed by atoms with Gasteiger partial charge in [0.15, 0.2) is 0 Å². The maximum atomic E-state index is 12.0. The number of rotatable bonds is 15. The molecule has 16 nitrogen and oxygen atoms in total. The molecular weight excluding hydrogens is 1200 g/mol. The minimum absolute atomic E-state index is 0.114. The highest BCUT2D eigenvalue weighted by molar-refractivity contribution is 5.84. The largest absolute Gasteiger partial charge is 0.480 e. The van der Waals surface area contributed by atoms with Gasteiger partial charge in [-0.25, -0.2) is 4.79 Å². The van der Waals surface area contributed by atoms with Crippen LogP contribution in [0.5, 0.6) is 0 Å². The average molecular weight is 1340 g/mol. The number of benzene rings is 2. The maximum absolute atomic E-state index is 12.0. The average Bonchev–Trinajstić information content (AvgIpc) is 1.65. The highest BCUT2D eigenvalue weighted by Gasteiger charge is 2.41. The van der Waals surface area contributed by atoms with Gasteiger partial charge in [0.1, 0.15) is 29.4 Å². The summed E-state index contributed by atoms with van der Waals surface area (Å²) in [6.07, 6.45) is 14.0. The number of para-hydroxylation sites is 1. The van der Waals surface area contributed by atoms with Crippen molar-refractivity contribution < 1.29 is 38.6 Å². The molecule has 1 spiro atoms. The van der Waals surface area contributed by atoms with Gasteiger partial charge in [0.05, 0.1) is 19.7 Å². The molecule has 96 heavy (non-hydrogen) atoms. The van der Waals surface area contributed by atoms with Crippen LogP contribution in [0.1, 0.15) is 213 Å². The van der Waals surface area contributed by atoms with Crippen molar-refractivity contribution in [3.05, 3.63) is 65.2 Å². The number of ketones is 3. The highest BCUT2D eigenvalue weighted by Crippen LogP contribution is 2.45. The van der Waals surface area contributed by atoms with Crippen molar-refractivity contribution in [2.45, 2.75) is 258 Å². The third-order valence-corrected chi connectivity index (χ3v) is 21.8. The molecule has 8 aliphatic rings. The van der Waals surface area contributed by atoms with Gasteiger partial charge in [-0.05, 0) is 265 Å². The first kappa shape index (κ1) is 83.8. The number of carboxylic acids is 1. The fourth-order valence-electron chi connectivity index (χ4n) is 15.6. The van der Waals surface area contributed by atoms with Crippen LogP contribution in [0.3, 0.4) is 0 Å². The Morgan fingerprint density at radius 1 is 0.521 bits per heavy atom. The Hall–Kier alpha value is -4.58. The number of hydrogen-bond donors (Lipinski definition) is 1. The van der Waals surface area contributed by atoms with Gasteiger partial charge in [-0.2, -0.15) is 0 Å². The van der Waals surface area contributed by atoms with E-state index in [9.17, 15) is 28.8 Å². The number of esters is 1. The predicted molar refractivity (Wildman–Crippen MR) is 396 cm³/mol. The molecule has 6 saturated heterocycles. The molecule has 7 heterocycles. The number of carbonyl (C=O) groups excluding carboxylic acids is 5. The zero-order valence-corrected chi connectivity index (χ0v) is 64.3. The van der Waals surface area contributed by atoms with Crippen LogP contribution in [-0.4, -0.2) is 222 Å². The van der Waals surface area contributed by atoms with Crippen molar-refractivity contribution in [3.8, 4) is 0 Å². The molecule has 0 bridgehead atoms. The number of likely N-dealkylation sites (tertiary alicyclic amines) is 5. The fraction of sp³-hybridized carbons (Fsp3) is 0.775. The number of aliphatic carboxylic acids is 1.